The Morgan fingerprint density at radius 3 is 2.67 bits per heavy atom. The predicted molar refractivity (Wildman–Crippen MR) is 76.0 cm³/mol. The molecule has 1 heterocycles. The zero-order valence-corrected chi connectivity index (χ0v) is 12.7. The molecule has 1 aromatic carbocycles. The molecular formula is C14H11ClF3NO5. The number of halogens is 4. The van der Waals surface area contributed by atoms with Crippen LogP contribution >= 0.6 is 11.6 Å². The number of nitrogens with one attached hydrogen (secondary N) is 1. The summed E-state index contributed by atoms with van der Waals surface area (Å²) in [7, 11) is 0. The molecule has 0 aromatic heterocycles. The van der Waals surface area contributed by atoms with Crippen LogP contribution < -0.4 is 5.32 Å². The fourth-order valence-corrected chi connectivity index (χ4v) is 1.92. The number of amides is 1. The molecule has 0 radical (unpaired) electrons. The maximum Gasteiger partial charge on any atom is 0.417 e. The largest absolute Gasteiger partial charge is 0.493 e. The maximum atomic E-state index is 12.7. The van der Waals surface area contributed by atoms with Gasteiger partial charge in [0, 0.05) is 5.69 Å². The molecule has 0 aliphatic carbocycles. The van der Waals surface area contributed by atoms with Crippen LogP contribution in [0, 0.1) is 0 Å². The highest BCUT2D eigenvalue weighted by molar-refractivity contribution is 6.31. The molecule has 130 valence electrons. The summed E-state index contributed by atoms with van der Waals surface area (Å²) in [6.45, 7) is -0.253. The fourth-order valence-electron chi connectivity index (χ4n) is 1.69. The van der Waals surface area contributed by atoms with E-state index in [1.165, 1.54) is 6.07 Å². The van der Waals surface area contributed by atoms with Crippen molar-refractivity contribution in [3.63, 3.8) is 0 Å². The van der Waals surface area contributed by atoms with E-state index in [1.54, 1.807) is 0 Å². The van der Waals surface area contributed by atoms with E-state index in [2.05, 4.69) is 10.1 Å². The third kappa shape index (κ3) is 4.79. The predicted octanol–water partition coefficient (Wildman–Crippen LogP) is 2.73. The second-order valence-electron chi connectivity index (χ2n) is 4.52. The molecule has 0 unspecified atom stereocenters. The summed E-state index contributed by atoms with van der Waals surface area (Å²) in [5.41, 5.74) is -1.22. The van der Waals surface area contributed by atoms with E-state index < -0.39 is 35.2 Å². The van der Waals surface area contributed by atoms with Crippen molar-refractivity contribution < 1.29 is 37.0 Å². The highest BCUT2D eigenvalue weighted by Gasteiger charge is 2.33. The molecule has 0 saturated carbocycles. The number of benzene rings is 1. The van der Waals surface area contributed by atoms with Crippen LogP contribution in [0.2, 0.25) is 5.02 Å². The molecule has 0 bridgehead atoms. The average molecular weight is 366 g/mol. The summed E-state index contributed by atoms with van der Waals surface area (Å²) >= 11 is 5.47. The Kier molecular flexibility index (Phi) is 5.55. The Bertz CT molecular complexity index is 675. The zero-order chi connectivity index (χ0) is 17.7. The van der Waals surface area contributed by atoms with Crippen molar-refractivity contribution in [1.29, 1.82) is 0 Å². The number of hydrogen-bond acceptors (Lipinski definition) is 5. The van der Waals surface area contributed by atoms with E-state index in [-0.39, 0.29) is 24.7 Å². The van der Waals surface area contributed by atoms with E-state index in [4.69, 9.17) is 21.1 Å². The molecule has 2 rings (SSSR count). The lowest BCUT2D eigenvalue weighted by Gasteiger charge is -2.14. The highest BCUT2D eigenvalue weighted by atomic mass is 35.5. The van der Waals surface area contributed by atoms with Gasteiger partial charge in [-0.3, -0.25) is 4.79 Å². The molecule has 1 aliphatic heterocycles. The van der Waals surface area contributed by atoms with Gasteiger partial charge in [0.15, 0.2) is 6.61 Å². The first-order chi connectivity index (χ1) is 11.3. The molecular weight excluding hydrogens is 355 g/mol. The van der Waals surface area contributed by atoms with Crippen molar-refractivity contribution in [2.45, 2.75) is 6.18 Å². The first-order valence-electron chi connectivity index (χ1n) is 6.55. The molecule has 6 nitrogen and oxygen atoms in total. The van der Waals surface area contributed by atoms with Gasteiger partial charge in [0.2, 0.25) is 5.76 Å². The number of rotatable bonds is 4. The second-order valence-corrected chi connectivity index (χ2v) is 4.93. The molecule has 1 aromatic rings. The van der Waals surface area contributed by atoms with Crippen molar-refractivity contribution in [2.75, 3.05) is 25.1 Å². The lowest BCUT2D eigenvalue weighted by atomic mass is 10.2. The van der Waals surface area contributed by atoms with Crippen LogP contribution in [0.4, 0.5) is 18.9 Å². The van der Waals surface area contributed by atoms with Gasteiger partial charge in [-0.05, 0) is 18.2 Å². The van der Waals surface area contributed by atoms with Gasteiger partial charge in [-0.15, -0.1) is 0 Å². The minimum absolute atomic E-state index is 0.135. The lowest BCUT2D eigenvalue weighted by molar-refractivity contribution is -0.148. The van der Waals surface area contributed by atoms with E-state index in [1.807, 2.05) is 0 Å². The molecule has 0 atom stereocenters. The van der Waals surface area contributed by atoms with Crippen LogP contribution in [0.3, 0.4) is 0 Å². The number of alkyl halides is 3. The smallest absolute Gasteiger partial charge is 0.417 e. The molecule has 0 saturated heterocycles. The number of carbonyl (C=O) groups excluding carboxylic acids is 2. The minimum Gasteiger partial charge on any atom is -0.493 e. The van der Waals surface area contributed by atoms with E-state index in [0.717, 1.165) is 12.3 Å². The minimum atomic E-state index is -4.66. The topological polar surface area (TPSA) is 73.9 Å². The summed E-state index contributed by atoms with van der Waals surface area (Å²) in [5, 5.41) is 1.68. The Hall–Kier alpha value is -2.42. The summed E-state index contributed by atoms with van der Waals surface area (Å²) in [5.74, 6) is -1.94. The van der Waals surface area contributed by atoms with Crippen molar-refractivity contribution in [3.8, 4) is 0 Å². The SMILES string of the molecule is O=C(COC(=O)C1=COCCO1)Nc1ccc(Cl)c(C(F)(F)F)c1. The highest BCUT2D eigenvalue weighted by Crippen LogP contribution is 2.36. The van der Waals surface area contributed by atoms with Crippen molar-refractivity contribution in [1.82, 2.24) is 0 Å². The second kappa shape index (κ2) is 7.43. The number of hydrogen-bond donors (Lipinski definition) is 1. The van der Waals surface area contributed by atoms with E-state index in [9.17, 15) is 22.8 Å². The van der Waals surface area contributed by atoms with Gasteiger partial charge in [0.05, 0.1) is 10.6 Å². The summed E-state index contributed by atoms with van der Waals surface area (Å²) < 4.78 is 52.6. The number of ether oxygens (including phenoxy) is 3. The van der Waals surface area contributed by atoms with Crippen LogP contribution in [-0.2, 0) is 30.0 Å². The molecule has 0 spiro atoms. The Morgan fingerprint density at radius 1 is 1.29 bits per heavy atom. The van der Waals surface area contributed by atoms with Gasteiger partial charge in [0.25, 0.3) is 5.91 Å². The number of esters is 1. The fraction of sp³-hybridized carbons (Fsp3) is 0.286. The molecule has 1 aliphatic rings. The Labute approximate surface area is 139 Å². The van der Waals surface area contributed by atoms with Gasteiger partial charge in [-0.25, -0.2) is 4.79 Å². The summed E-state index contributed by atoms with van der Waals surface area (Å²) in [6.07, 6.45) is -3.60. The quantitative estimate of drug-likeness (QED) is 0.830. The molecule has 0 fully saturated rings. The Balaban J connectivity index is 1.93. The first-order valence-corrected chi connectivity index (χ1v) is 6.93. The van der Waals surface area contributed by atoms with Gasteiger partial charge in [-0.1, -0.05) is 11.6 Å². The molecule has 1 amide bonds. The van der Waals surface area contributed by atoms with Crippen LogP contribution in [0.25, 0.3) is 0 Å². The van der Waals surface area contributed by atoms with Crippen molar-refractivity contribution >= 4 is 29.2 Å². The normalized spacial score (nSPS) is 14.1. The van der Waals surface area contributed by atoms with Crippen LogP contribution in [0.1, 0.15) is 5.56 Å². The summed E-state index contributed by atoms with van der Waals surface area (Å²) in [4.78, 5) is 23.2. The number of carbonyl (C=O) groups is 2. The van der Waals surface area contributed by atoms with Gasteiger partial charge in [-0.2, -0.15) is 13.2 Å². The monoisotopic (exact) mass is 365 g/mol. The van der Waals surface area contributed by atoms with Crippen molar-refractivity contribution in [3.05, 3.63) is 40.8 Å². The van der Waals surface area contributed by atoms with Crippen LogP contribution in [0.15, 0.2) is 30.2 Å². The van der Waals surface area contributed by atoms with E-state index in [0.29, 0.717) is 6.07 Å². The van der Waals surface area contributed by atoms with Gasteiger partial charge < -0.3 is 19.5 Å². The molecule has 10 heteroatoms. The number of anilines is 1. The van der Waals surface area contributed by atoms with Gasteiger partial charge in [0.1, 0.15) is 19.5 Å². The Morgan fingerprint density at radius 2 is 2.04 bits per heavy atom. The zero-order valence-electron chi connectivity index (χ0n) is 12.0. The summed E-state index contributed by atoms with van der Waals surface area (Å²) in [6, 6.07) is 2.88. The molecule has 24 heavy (non-hydrogen) atoms. The molecule has 1 N–H and O–H groups in total. The average Bonchev–Trinajstić information content (AvgIpc) is 2.54. The lowest BCUT2D eigenvalue weighted by Crippen LogP contribution is -2.24. The standard InChI is InChI=1S/C14H11ClF3NO5/c15-10-2-1-8(5-9(10)14(16,17)18)19-12(20)7-24-13(21)11-6-22-3-4-23-11/h1-2,5-6H,3-4,7H2,(H,19,20). The van der Waals surface area contributed by atoms with Gasteiger partial charge >= 0.3 is 12.1 Å². The van der Waals surface area contributed by atoms with Crippen molar-refractivity contribution in [2.24, 2.45) is 0 Å². The first kappa shape index (κ1) is 17.9. The van der Waals surface area contributed by atoms with Crippen LogP contribution in [-0.4, -0.2) is 31.7 Å². The third-order valence-electron chi connectivity index (χ3n) is 2.74. The maximum absolute atomic E-state index is 12.7. The van der Waals surface area contributed by atoms with Crippen LogP contribution in [0.5, 0.6) is 0 Å². The third-order valence-corrected chi connectivity index (χ3v) is 3.07. The van der Waals surface area contributed by atoms with E-state index >= 15 is 0 Å².